The van der Waals surface area contributed by atoms with Crippen LogP contribution in [0.5, 0.6) is 11.5 Å². The largest absolute Gasteiger partial charge is 0.497 e. The number of hydrogen-bond donors (Lipinski definition) is 1. The van der Waals surface area contributed by atoms with E-state index in [0.717, 1.165) is 54.8 Å². The molecule has 4 atom stereocenters. The fourth-order valence-corrected chi connectivity index (χ4v) is 7.27. The molecule has 2 aromatic carbocycles. The fraction of sp³-hybridized carbons (Fsp3) is 0.514. The van der Waals surface area contributed by atoms with Gasteiger partial charge in [0, 0.05) is 12.2 Å². The molecule has 0 unspecified atom stereocenters. The molecule has 1 saturated heterocycles. The molecule has 1 fully saturated rings. The van der Waals surface area contributed by atoms with E-state index in [1.54, 1.807) is 52.1 Å². The maximum Gasteiger partial charge on any atom is 0.412 e. The molecule has 11 heteroatoms. The summed E-state index contributed by atoms with van der Waals surface area (Å²) in [6.45, 7) is 7.35. The summed E-state index contributed by atoms with van der Waals surface area (Å²) in [6, 6.07) is 11.2. The summed E-state index contributed by atoms with van der Waals surface area (Å²) >= 11 is 0. The number of benzene rings is 2. The molecule has 0 radical (unpaired) electrons. The van der Waals surface area contributed by atoms with E-state index in [4.69, 9.17) is 28.4 Å². The molecule has 11 nitrogen and oxygen atoms in total. The Kier molecular flexibility index (Phi) is 8.62. The first-order valence-electron chi connectivity index (χ1n) is 15.8. The molecule has 1 amide bonds. The second-order valence-corrected chi connectivity index (χ2v) is 13.3. The summed E-state index contributed by atoms with van der Waals surface area (Å²) < 4.78 is 34.1. The van der Waals surface area contributed by atoms with Crippen LogP contribution in [0.25, 0.3) is 0 Å². The lowest BCUT2D eigenvalue weighted by molar-refractivity contribution is -0.159. The van der Waals surface area contributed by atoms with Gasteiger partial charge in [-0.2, -0.15) is 0 Å². The minimum atomic E-state index is -0.812. The number of nitrogens with zero attached hydrogens (tertiary/aromatic N) is 1. The molecule has 246 valence electrons. The summed E-state index contributed by atoms with van der Waals surface area (Å²) in [4.78, 5) is 41.2. The van der Waals surface area contributed by atoms with Gasteiger partial charge in [0.15, 0.2) is 17.6 Å². The van der Waals surface area contributed by atoms with Crippen molar-refractivity contribution in [3.63, 3.8) is 0 Å². The summed E-state index contributed by atoms with van der Waals surface area (Å²) in [7, 11) is 2.91. The van der Waals surface area contributed by atoms with Crippen LogP contribution in [0.4, 0.5) is 10.5 Å². The second-order valence-electron chi connectivity index (χ2n) is 13.3. The van der Waals surface area contributed by atoms with Gasteiger partial charge in [0.2, 0.25) is 6.79 Å². The van der Waals surface area contributed by atoms with E-state index < -0.39 is 35.7 Å². The number of nitrogens with one attached hydrogen (secondary N) is 1. The van der Waals surface area contributed by atoms with Crippen LogP contribution in [-0.2, 0) is 41.4 Å². The lowest BCUT2D eigenvalue weighted by atomic mass is 9.77. The first-order valence-corrected chi connectivity index (χ1v) is 15.8. The molecule has 1 aliphatic carbocycles. The van der Waals surface area contributed by atoms with Crippen LogP contribution in [0.2, 0.25) is 0 Å². The van der Waals surface area contributed by atoms with Crippen molar-refractivity contribution < 1.29 is 42.8 Å². The van der Waals surface area contributed by atoms with E-state index in [1.165, 1.54) is 7.11 Å². The van der Waals surface area contributed by atoms with Gasteiger partial charge in [-0.05, 0) is 100 Å². The monoisotopic (exact) mass is 634 g/mol. The number of ether oxygens (including phenoxy) is 6. The Morgan fingerprint density at radius 3 is 2.50 bits per heavy atom. The number of fused-ring (bicyclic) bond motifs is 3. The molecular weight excluding hydrogens is 592 g/mol. The topological polar surface area (TPSA) is 122 Å². The maximum absolute atomic E-state index is 14.1. The van der Waals surface area contributed by atoms with Crippen LogP contribution < -0.4 is 14.8 Å². The van der Waals surface area contributed by atoms with Crippen LogP contribution in [0.1, 0.15) is 62.6 Å². The average molecular weight is 635 g/mol. The Morgan fingerprint density at radius 2 is 1.80 bits per heavy atom. The molecule has 1 spiro atoms. The smallest absolute Gasteiger partial charge is 0.412 e. The van der Waals surface area contributed by atoms with Crippen molar-refractivity contribution in [2.45, 2.75) is 76.0 Å². The quantitative estimate of drug-likeness (QED) is 0.310. The lowest BCUT2D eigenvalue weighted by Crippen LogP contribution is -2.47. The van der Waals surface area contributed by atoms with Gasteiger partial charge in [0.05, 0.1) is 38.0 Å². The van der Waals surface area contributed by atoms with Crippen molar-refractivity contribution >= 4 is 23.7 Å². The minimum absolute atomic E-state index is 0.150. The Hall–Kier alpha value is -4.25. The average Bonchev–Trinajstić information content (AvgIpc) is 3.70. The highest BCUT2D eigenvalue weighted by atomic mass is 16.7. The maximum atomic E-state index is 14.1. The van der Waals surface area contributed by atoms with E-state index in [-0.39, 0.29) is 31.1 Å². The number of esters is 2. The molecule has 3 heterocycles. The molecule has 1 N–H and O–H groups in total. The van der Waals surface area contributed by atoms with Crippen molar-refractivity contribution in [1.29, 1.82) is 0 Å². The first kappa shape index (κ1) is 31.7. The number of carbonyl (C=O) groups excluding carboxylic acids is 3. The van der Waals surface area contributed by atoms with Crippen molar-refractivity contribution in [3.05, 3.63) is 64.9 Å². The lowest BCUT2D eigenvalue weighted by Gasteiger charge is -2.39. The number of anilines is 1. The van der Waals surface area contributed by atoms with Gasteiger partial charge in [0.25, 0.3) is 0 Å². The molecule has 46 heavy (non-hydrogen) atoms. The van der Waals surface area contributed by atoms with Gasteiger partial charge >= 0.3 is 18.0 Å². The number of methoxy groups -OCH3 is 2. The third kappa shape index (κ3) is 6.25. The van der Waals surface area contributed by atoms with Gasteiger partial charge in [-0.3, -0.25) is 19.8 Å². The van der Waals surface area contributed by atoms with Crippen LogP contribution in [0, 0.1) is 5.92 Å². The molecule has 3 aliphatic heterocycles. The highest BCUT2D eigenvalue weighted by Crippen LogP contribution is 2.55. The molecule has 2 aromatic rings. The summed E-state index contributed by atoms with van der Waals surface area (Å²) in [5.74, 6) is -0.0414. The third-order valence-electron chi connectivity index (χ3n) is 9.26. The van der Waals surface area contributed by atoms with Crippen LogP contribution in [0.3, 0.4) is 0 Å². The van der Waals surface area contributed by atoms with E-state index in [1.807, 2.05) is 6.07 Å². The SMILES string of the molecule is COC(=O)C[C@H](Cc1ccc(NC(=O)OC(C)(C)C)cc1)C(=O)O[C@@H]1C(OC)=C[C@]23CCCN2CCc2cc4c(cc2[C@H]13)OCO4. The zero-order valence-corrected chi connectivity index (χ0v) is 27.1. The Morgan fingerprint density at radius 1 is 1.07 bits per heavy atom. The normalized spacial score (nSPS) is 23.6. The number of amides is 1. The summed E-state index contributed by atoms with van der Waals surface area (Å²) in [5.41, 5.74) is 2.54. The van der Waals surface area contributed by atoms with Gasteiger partial charge in [-0.25, -0.2) is 4.79 Å². The standard InChI is InChI=1S/C35H42N2O9/c1-34(2,3)46-33(40)36-24-9-7-21(8-10-24)15-23(17-29(38)42-5)32(39)45-31-28(41-4)19-35-12-6-13-37(35)14-11-22-16-26-27(44-20-43-26)18-25(22)30(31)35/h7-10,16,18-19,23,30-31H,6,11-15,17,20H2,1-5H3,(H,36,40)/t23-,30+,31+,35-/m0/s1. The van der Waals surface area contributed by atoms with Gasteiger partial charge in [-0.15, -0.1) is 0 Å². The molecule has 0 bridgehead atoms. The second kappa shape index (κ2) is 12.5. The molecular formula is C35H42N2O9. The van der Waals surface area contributed by atoms with E-state index in [9.17, 15) is 14.4 Å². The Labute approximate surface area is 269 Å². The predicted octanol–water partition coefficient (Wildman–Crippen LogP) is 5.11. The van der Waals surface area contributed by atoms with Gasteiger partial charge < -0.3 is 28.4 Å². The Bertz CT molecular complexity index is 1530. The summed E-state index contributed by atoms with van der Waals surface area (Å²) in [5, 5.41) is 2.71. The van der Waals surface area contributed by atoms with Crippen molar-refractivity contribution in [2.75, 3.05) is 39.4 Å². The minimum Gasteiger partial charge on any atom is -0.497 e. The number of rotatable bonds is 8. The van der Waals surface area contributed by atoms with Crippen LogP contribution in [-0.4, -0.2) is 74.3 Å². The molecule has 6 rings (SSSR count). The Balaban J connectivity index is 1.26. The van der Waals surface area contributed by atoms with Crippen LogP contribution in [0.15, 0.2) is 48.2 Å². The highest BCUT2D eigenvalue weighted by Gasteiger charge is 2.58. The number of carbonyl (C=O) groups is 3. The molecule has 0 saturated carbocycles. The zero-order valence-electron chi connectivity index (χ0n) is 27.1. The predicted molar refractivity (Wildman–Crippen MR) is 168 cm³/mol. The number of hydrogen-bond acceptors (Lipinski definition) is 10. The molecule has 0 aromatic heterocycles. The molecule has 4 aliphatic rings. The van der Waals surface area contributed by atoms with Crippen LogP contribution >= 0.6 is 0 Å². The van der Waals surface area contributed by atoms with Crippen molar-refractivity contribution in [3.8, 4) is 11.5 Å². The fourth-order valence-electron chi connectivity index (χ4n) is 7.27. The van der Waals surface area contributed by atoms with Gasteiger partial charge in [0.1, 0.15) is 11.4 Å². The first-order chi connectivity index (χ1) is 22.0. The van der Waals surface area contributed by atoms with E-state index >= 15 is 0 Å². The summed E-state index contributed by atoms with van der Waals surface area (Å²) in [6.07, 6.45) is 3.74. The third-order valence-corrected chi connectivity index (χ3v) is 9.26. The van der Waals surface area contributed by atoms with E-state index in [2.05, 4.69) is 22.4 Å². The highest BCUT2D eigenvalue weighted by molar-refractivity contribution is 5.85. The van der Waals surface area contributed by atoms with Gasteiger partial charge in [-0.1, -0.05) is 12.1 Å². The van der Waals surface area contributed by atoms with E-state index in [0.29, 0.717) is 17.2 Å². The van der Waals surface area contributed by atoms with Crippen molar-refractivity contribution in [1.82, 2.24) is 4.90 Å². The van der Waals surface area contributed by atoms with Crippen molar-refractivity contribution in [2.24, 2.45) is 5.92 Å². The zero-order chi connectivity index (χ0) is 32.6.